The molecule has 2 heterocycles. The number of anilines is 1. The number of thioether (sulfide) groups is 1. The van der Waals surface area contributed by atoms with Crippen molar-refractivity contribution in [2.45, 2.75) is 24.9 Å². The summed E-state index contributed by atoms with van der Waals surface area (Å²) < 4.78 is 1.75. The molecule has 2 amide bonds. The molecule has 0 saturated heterocycles. The number of benzene rings is 1. The van der Waals surface area contributed by atoms with E-state index in [-0.39, 0.29) is 0 Å². The van der Waals surface area contributed by atoms with Gasteiger partial charge in [-0.2, -0.15) is 16.9 Å². The highest BCUT2D eigenvalue weighted by Gasteiger charge is 2.26. The van der Waals surface area contributed by atoms with E-state index in [1.165, 1.54) is 0 Å². The van der Waals surface area contributed by atoms with Crippen molar-refractivity contribution in [3.8, 4) is 5.69 Å². The molecule has 2 N–H and O–H groups in total. The lowest BCUT2D eigenvalue weighted by molar-refractivity contribution is -0.136. The van der Waals surface area contributed by atoms with E-state index in [4.69, 9.17) is 0 Å². The van der Waals surface area contributed by atoms with Gasteiger partial charge >= 0.3 is 11.8 Å². The minimum Gasteiger partial charge on any atom is -0.348 e. The zero-order valence-electron chi connectivity index (χ0n) is 15.9. The Bertz CT molecular complexity index is 847. The fraction of sp³-hybridized carbons (Fsp3) is 0.421. The Morgan fingerprint density at radius 2 is 2.00 bits per heavy atom. The van der Waals surface area contributed by atoms with Gasteiger partial charge in [-0.1, -0.05) is 18.2 Å². The Labute approximate surface area is 163 Å². The summed E-state index contributed by atoms with van der Waals surface area (Å²) in [5.74, 6) is 0.910. The first-order valence-corrected chi connectivity index (χ1v) is 10.1. The molecule has 0 bridgehead atoms. The van der Waals surface area contributed by atoms with Crippen LogP contribution in [0.5, 0.6) is 0 Å². The van der Waals surface area contributed by atoms with E-state index in [1.807, 2.05) is 50.2 Å². The van der Waals surface area contributed by atoms with Crippen LogP contribution in [0.25, 0.3) is 5.69 Å². The van der Waals surface area contributed by atoms with Gasteiger partial charge in [0, 0.05) is 23.6 Å². The van der Waals surface area contributed by atoms with E-state index in [1.54, 1.807) is 16.4 Å². The SMILES string of the molecule is Cc1ccccc1-n1nc2c(c1NC(=O)C(=O)NCCCN(C)C)CSC2. The van der Waals surface area contributed by atoms with Gasteiger partial charge in [0.05, 0.1) is 11.4 Å². The molecule has 0 atom stereocenters. The Hall–Kier alpha value is -2.32. The molecule has 144 valence electrons. The van der Waals surface area contributed by atoms with Gasteiger partial charge in [0.25, 0.3) is 0 Å². The first-order valence-electron chi connectivity index (χ1n) is 8.96. The van der Waals surface area contributed by atoms with E-state index >= 15 is 0 Å². The van der Waals surface area contributed by atoms with Gasteiger partial charge in [-0.15, -0.1) is 0 Å². The minimum absolute atomic E-state index is 0.468. The molecule has 2 aromatic rings. The monoisotopic (exact) mass is 387 g/mol. The molecule has 8 heteroatoms. The molecule has 0 spiro atoms. The highest BCUT2D eigenvalue weighted by molar-refractivity contribution is 7.98. The van der Waals surface area contributed by atoms with Crippen LogP contribution in [0.2, 0.25) is 0 Å². The number of nitrogens with zero attached hydrogens (tertiary/aromatic N) is 3. The third-order valence-electron chi connectivity index (χ3n) is 4.40. The van der Waals surface area contributed by atoms with Crippen molar-refractivity contribution in [1.82, 2.24) is 20.0 Å². The summed E-state index contributed by atoms with van der Waals surface area (Å²) in [6, 6.07) is 7.86. The molecule has 1 aromatic heterocycles. The summed E-state index contributed by atoms with van der Waals surface area (Å²) in [6.07, 6.45) is 0.791. The number of aryl methyl sites for hydroxylation is 1. The van der Waals surface area contributed by atoms with Crippen molar-refractivity contribution >= 4 is 29.4 Å². The Kier molecular flexibility index (Phi) is 6.18. The molecule has 3 rings (SSSR count). The van der Waals surface area contributed by atoms with E-state index in [9.17, 15) is 9.59 Å². The Morgan fingerprint density at radius 1 is 1.22 bits per heavy atom. The summed E-state index contributed by atoms with van der Waals surface area (Å²) >= 11 is 1.75. The first kappa shape index (κ1) is 19.4. The second-order valence-electron chi connectivity index (χ2n) is 6.83. The normalized spacial score (nSPS) is 12.9. The molecule has 0 unspecified atom stereocenters. The van der Waals surface area contributed by atoms with Crippen LogP contribution in [-0.2, 0) is 21.1 Å². The second kappa shape index (κ2) is 8.58. The predicted molar refractivity (Wildman–Crippen MR) is 108 cm³/mol. The lowest BCUT2D eigenvalue weighted by Gasteiger charge is -2.13. The zero-order valence-corrected chi connectivity index (χ0v) is 16.7. The van der Waals surface area contributed by atoms with Crippen molar-refractivity contribution in [2.24, 2.45) is 0 Å². The van der Waals surface area contributed by atoms with Gasteiger partial charge < -0.3 is 15.5 Å². The standard InChI is InChI=1S/C19H25N5O2S/c1-13-7-4-5-8-16(13)24-17(14-11-27-12-15(14)22-24)21-19(26)18(25)20-9-6-10-23(2)3/h4-5,7-8H,6,9-12H2,1-3H3,(H,20,25)(H,21,26). The lowest BCUT2D eigenvalue weighted by atomic mass is 10.2. The van der Waals surface area contributed by atoms with Gasteiger partial charge in [0.2, 0.25) is 0 Å². The summed E-state index contributed by atoms with van der Waals surface area (Å²) in [7, 11) is 3.94. The van der Waals surface area contributed by atoms with Crippen LogP contribution in [0.1, 0.15) is 23.2 Å². The molecule has 0 aliphatic carbocycles. The van der Waals surface area contributed by atoms with E-state index in [0.717, 1.165) is 47.0 Å². The average molecular weight is 388 g/mol. The highest BCUT2D eigenvalue weighted by atomic mass is 32.2. The van der Waals surface area contributed by atoms with Gasteiger partial charge in [-0.25, -0.2) is 4.68 Å². The van der Waals surface area contributed by atoms with Crippen LogP contribution in [0.3, 0.4) is 0 Å². The minimum atomic E-state index is -0.658. The van der Waals surface area contributed by atoms with E-state index in [0.29, 0.717) is 12.4 Å². The fourth-order valence-electron chi connectivity index (χ4n) is 2.96. The molecule has 0 saturated carbocycles. The van der Waals surface area contributed by atoms with Crippen LogP contribution in [0, 0.1) is 6.92 Å². The summed E-state index contributed by atoms with van der Waals surface area (Å²) in [4.78, 5) is 26.6. The largest absolute Gasteiger partial charge is 0.348 e. The second-order valence-corrected chi connectivity index (χ2v) is 7.82. The number of hydrogen-bond donors (Lipinski definition) is 2. The number of aromatic nitrogens is 2. The Morgan fingerprint density at radius 3 is 2.74 bits per heavy atom. The number of rotatable bonds is 6. The maximum atomic E-state index is 12.4. The van der Waals surface area contributed by atoms with Crippen LogP contribution < -0.4 is 10.6 Å². The summed E-state index contributed by atoms with van der Waals surface area (Å²) in [5, 5.41) is 10.1. The van der Waals surface area contributed by atoms with Crippen LogP contribution in [0.4, 0.5) is 5.82 Å². The van der Waals surface area contributed by atoms with Gasteiger partial charge in [0.15, 0.2) is 0 Å². The highest BCUT2D eigenvalue weighted by Crippen LogP contribution is 2.36. The topological polar surface area (TPSA) is 79.3 Å². The van der Waals surface area contributed by atoms with E-state index < -0.39 is 11.8 Å². The third kappa shape index (κ3) is 4.51. The van der Waals surface area contributed by atoms with Crippen molar-refractivity contribution in [2.75, 3.05) is 32.5 Å². The van der Waals surface area contributed by atoms with Crippen LogP contribution in [0.15, 0.2) is 24.3 Å². The number of carbonyl (C=O) groups excluding carboxylic acids is 2. The molecule has 1 aliphatic heterocycles. The van der Waals surface area contributed by atoms with Crippen molar-refractivity contribution in [3.63, 3.8) is 0 Å². The number of amides is 2. The van der Waals surface area contributed by atoms with Crippen molar-refractivity contribution < 1.29 is 9.59 Å². The number of fused-ring (bicyclic) bond motifs is 1. The maximum Gasteiger partial charge on any atom is 0.314 e. The summed E-state index contributed by atoms with van der Waals surface area (Å²) in [6.45, 7) is 3.32. The fourth-order valence-corrected chi connectivity index (χ4v) is 3.99. The molecule has 0 fully saturated rings. The zero-order chi connectivity index (χ0) is 19.4. The van der Waals surface area contributed by atoms with Crippen molar-refractivity contribution in [3.05, 3.63) is 41.1 Å². The first-order chi connectivity index (χ1) is 13.0. The van der Waals surface area contributed by atoms with Gasteiger partial charge in [-0.05, 0) is 45.6 Å². The summed E-state index contributed by atoms with van der Waals surface area (Å²) in [5.41, 5.74) is 3.91. The van der Waals surface area contributed by atoms with Crippen molar-refractivity contribution in [1.29, 1.82) is 0 Å². The maximum absolute atomic E-state index is 12.4. The number of hydrogen-bond acceptors (Lipinski definition) is 5. The smallest absolute Gasteiger partial charge is 0.314 e. The molecule has 0 radical (unpaired) electrons. The number of carbonyl (C=O) groups is 2. The molecular formula is C19H25N5O2S. The van der Waals surface area contributed by atoms with E-state index in [2.05, 4.69) is 15.7 Å². The quantitative estimate of drug-likeness (QED) is 0.585. The average Bonchev–Trinajstić information content (AvgIpc) is 3.21. The number of nitrogens with one attached hydrogen (secondary N) is 2. The number of para-hydroxylation sites is 1. The Balaban J connectivity index is 1.75. The molecule has 7 nitrogen and oxygen atoms in total. The molecule has 1 aromatic carbocycles. The lowest BCUT2D eigenvalue weighted by Crippen LogP contribution is -2.37. The predicted octanol–water partition coefficient (Wildman–Crippen LogP) is 1.93. The molecule has 1 aliphatic rings. The molecular weight excluding hydrogens is 362 g/mol. The van der Waals surface area contributed by atoms with Crippen LogP contribution >= 0.6 is 11.8 Å². The third-order valence-corrected chi connectivity index (χ3v) is 5.37. The van der Waals surface area contributed by atoms with Gasteiger partial charge in [-0.3, -0.25) is 9.59 Å². The van der Waals surface area contributed by atoms with Gasteiger partial charge in [0.1, 0.15) is 5.82 Å². The molecule has 27 heavy (non-hydrogen) atoms. The van der Waals surface area contributed by atoms with Crippen LogP contribution in [-0.4, -0.2) is 53.7 Å².